The largest absolute Gasteiger partial charge is 0.301 e. The van der Waals surface area contributed by atoms with Crippen molar-refractivity contribution in [1.82, 2.24) is 0 Å². The molecule has 2 aromatic carbocycles. The third-order valence-corrected chi connectivity index (χ3v) is 4.31. The number of fused-ring (bicyclic) bond motifs is 1. The lowest BCUT2D eigenvalue weighted by atomic mass is 9.98. The topological polar surface area (TPSA) is 28.0 Å². The minimum atomic E-state index is 0.549. The number of aryl methyl sites for hydroxylation is 1. The van der Waals surface area contributed by atoms with Crippen molar-refractivity contribution in [2.45, 2.75) is 20.3 Å². The minimum Gasteiger partial charge on any atom is -0.301 e. The summed E-state index contributed by atoms with van der Waals surface area (Å²) in [4.78, 5) is 11.5. The number of amidine groups is 1. The molecule has 122 valence electrons. The fourth-order valence-electron chi connectivity index (χ4n) is 3.00. The summed E-state index contributed by atoms with van der Waals surface area (Å²) in [5.74, 6) is 0.929. The number of hydrogen-bond donors (Lipinski definition) is 0. The van der Waals surface area contributed by atoms with Gasteiger partial charge in [-0.05, 0) is 25.5 Å². The highest BCUT2D eigenvalue weighted by Gasteiger charge is 2.24. The Morgan fingerprint density at radius 1 is 1.21 bits per heavy atom. The van der Waals surface area contributed by atoms with Crippen LogP contribution in [0.3, 0.4) is 0 Å². The molecule has 0 bridgehead atoms. The van der Waals surface area contributed by atoms with Gasteiger partial charge in [0.25, 0.3) is 0 Å². The summed E-state index contributed by atoms with van der Waals surface area (Å²) < 4.78 is 0. The molecule has 3 nitrogen and oxygen atoms in total. The Balaban J connectivity index is 2.25. The molecule has 0 unspecified atom stereocenters. The summed E-state index contributed by atoms with van der Waals surface area (Å²) in [7, 11) is 1.82. The summed E-state index contributed by atoms with van der Waals surface area (Å²) in [6.45, 7) is 9.03. The van der Waals surface area contributed by atoms with Crippen LogP contribution in [0.2, 0.25) is 0 Å². The lowest BCUT2D eigenvalue weighted by Gasteiger charge is -2.27. The van der Waals surface area contributed by atoms with E-state index in [1.54, 1.807) is 0 Å². The molecule has 0 atom stereocenters. The number of allylic oxidation sites excluding steroid dienone is 1. The van der Waals surface area contributed by atoms with Gasteiger partial charge in [-0.15, -0.1) is 0 Å². The first-order valence-electron chi connectivity index (χ1n) is 8.30. The van der Waals surface area contributed by atoms with Crippen LogP contribution in [0.25, 0.3) is 0 Å². The predicted octanol–water partition coefficient (Wildman–Crippen LogP) is 4.60. The summed E-state index contributed by atoms with van der Waals surface area (Å²) in [6, 6.07) is 16.8. The molecule has 0 saturated heterocycles. The first-order valence-corrected chi connectivity index (χ1v) is 8.30. The van der Waals surface area contributed by atoms with Gasteiger partial charge in [-0.25, -0.2) is 0 Å². The van der Waals surface area contributed by atoms with E-state index < -0.39 is 0 Å². The molecule has 0 amide bonds. The van der Waals surface area contributed by atoms with Crippen LogP contribution in [-0.2, 0) is 0 Å². The van der Waals surface area contributed by atoms with E-state index >= 15 is 0 Å². The Morgan fingerprint density at radius 3 is 2.62 bits per heavy atom. The normalized spacial score (nSPS) is 15.7. The number of benzodiazepines with no additional fused rings is 1. The quantitative estimate of drug-likeness (QED) is 0.813. The molecule has 1 aliphatic rings. The summed E-state index contributed by atoms with van der Waals surface area (Å²) in [5.41, 5.74) is 6.63. The second kappa shape index (κ2) is 6.83. The maximum absolute atomic E-state index is 4.90. The summed E-state index contributed by atoms with van der Waals surface area (Å²) >= 11 is 0. The van der Waals surface area contributed by atoms with E-state index in [2.05, 4.69) is 72.8 Å². The second-order valence-electron chi connectivity index (χ2n) is 5.95. The van der Waals surface area contributed by atoms with Gasteiger partial charge in [-0.1, -0.05) is 55.5 Å². The van der Waals surface area contributed by atoms with Gasteiger partial charge in [0, 0.05) is 23.9 Å². The van der Waals surface area contributed by atoms with Gasteiger partial charge in [-0.2, -0.15) is 0 Å². The van der Waals surface area contributed by atoms with Gasteiger partial charge in [-0.3, -0.25) is 9.98 Å². The number of benzene rings is 2. The van der Waals surface area contributed by atoms with Crippen molar-refractivity contribution >= 4 is 17.2 Å². The molecular weight excluding hydrogens is 294 g/mol. The van der Waals surface area contributed by atoms with Crippen LogP contribution in [0.1, 0.15) is 30.0 Å². The lowest BCUT2D eigenvalue weighted by Crippen LogP contribution is -2.31. The zero-order chi connectivity index (χ0) is 17.1. The van der Waals surface area contributed by atoms with Crippen molar-refractivity contribution < 1.29 is 0 Å². The molecule has 1 aliphatic heterocycles. The molecule has 0 saturated carbocycles. The number of aliphatic imine (C=N–C) groups is 2. The molecule has 0 N–H and O–H groups in total. The second-order valence-corrected chi connectivity index (χ2v) is 5.95. The molecule has 24 heavy (non-hydrogen) atoms. The maximum atomic E-state index is 4.90. The van der Waals surface area contributed by atoms with E-state index in [0.29, 0.717) is 6.54 Å². The first-order chi connectivity index (χ1) is 11.7. The smallest absolute Gasteiger partial charge is 0.129 e. The van der Waals surface area contributed by atoms with Crippen LogP contribution in [0.5, 0.6) is 0 Å². The van der Waals surface area contributed by atoms with Crippen LogP contribution in [0.4, 0.5) is 5.69 Å². The van der Waals surface area contributed by atoms with E-state index in [-0.39, 0.29) is 0 Å². The highest BCUT2D eigenvalue weighted by Crippen LogP contribution is 2.31. The fourth-order valence-corrected chi connectivity index (χ4v) is 3.00. The van der Waals surface area contributed by atoms with E-state index in [4.69, 9.17) is 4.99 Å². The molecule has 3 rings (SSSR count). The fraction of sp³-hybridized carbons (Fsp3) is 0.238. The molecule has 3 heteroatoms. The Labute approximate surface area is 144 Å². The highest BCUT2D eigenvalue weighted by molar-refractivity contribution is 6.20. The average Bonchev–Trinajstić information content (AvgIpc) is 2.78. The Bertz CT molecular complexity index is 816. The van der Waals surface area contributed by atoms with E-state index in [0.717, 1.165) is 40.5 Å². The van der Waals surface area contributed by atoms with Crippen LogP contribution in [0, 0.1) is 6.92 Å². The highest BCUT2D eigenvalue weighted by atomic mass is 15.2. The Kier molecular flexibility index (Phi) is 4.61. The zero-order valence-electron chi connectivity index (χ0n) is 14.6. The lowest BCUT2D eigenvalue weighted by molar-refractivity contribution is 1.02. The molecule has 0 aliphatic carbocycles. The van der Waals surface area contributed by atoms with Crippen molar-refractivity contribution in [2.75, 3.05) is 18.5 Å². The van der Waals surface area contributed by atoms with Gasteiger partial charge >= 0.3 is 0 Å². The zero-order valence-corrected chi connectivity index (χ0v) is 14.6. The minimum absolute atomic E-state index is 0.549. The average molecular weight is 317 g/mol. The SMILES string of the molecule is C=C(CC)N1C(=NC)CN=C(c2ccccc2)c2cc(C)ccc21. The standard InChI is InChI=1S/C21H23N3/c1-5-16(3)24-19-12-11-15(2)13-18(19)21(23-14-20(24)22-4)17-9-7-6-8-10-17/h6-13H,3,5,14H2,1-2,4H3. The summed E-state index contributed by atoms with van der Waals surface area (Å²) in [5, 5.41) is 0. The van der Waals surface area contributed by atoms with Gasteiger partial charge in [0.05, 0.1) is 17.9 Å². The Morgan fingerprint density at radius 2 is 1.96 bits per heavy atom. The Hall–Kier alpha value is -2.68. The van der Waals surface area contributed by atoms with E-state index in [9.17, 15) is 0 Å². The molecule has 0 fully saturated rings. The number of rotatable bonds is 3. The van der Waals surface area contributed by atoms with Crippen molar-refractivity contribution in [3.63, 3.8) is 0 Å². The number of hydrogen-bond acceptors (Lipinski definition) is 2. The van der Waals surface area contributed by atoms with Crippen LogP contribution in [0.15, 0.2) is 70.8 Å². The number of anilines is 1. The van der Waals surface area contributed by atoms with Gasteiger partial charge < -0.3 is 4.90 Å². The number of nitrogens with zero attached hydrogens (tertiary/aromatic N) is 3. The first kappa shape index (κ1) is 16.2. The third-order valence-electron chi connectivity index (χ3n) is 4.31. The van der Waals surface area contributed by atoms with Crippen LogP contribution >= 0.6 is 0 Å². The van der Waals surface area contributed by atoms with Crippen molar-refractivity contribution in [3.8, 4) is 0 Å². The van der Waals surface area contributed by atoms with Crippen LogP contribution < -0.4 is 4.90 Å². The van der Waals surface area contributed by atoms with Crippen molar-refractivity contribution in [3.05, 3.63) is 77.5 Å². The van der Waals surface area contributed by atoms with Crippen molar-refractivity contribution in [1.29, 1.82) is 0 Å². The molecule has 0 radical (unpaired) electrons. The third kappa shape index (κ3) is 2.90. The van der Waals surface area contributed by atoms with Crippen molar-refractivity contribution in [2.24, 2.45) is 9.98 Å². The van der Waals surface area contributed by atoms with E-state index in [1.807, 2.05) is 13.1 Å². The molecule has 0 spiro atoms. The molecular formula is C21H23N3. The van der Waals surface area contributed by atoms with Crippen LogP contribution in [-0.4, -0.2) is 25.1 Å². The van der Waals surface area contributed by atoms with E-state index in [1.165, 1.54) is 5.56 Å². The predicted molar refractivity (Wildman–Crippen MR) is 103 cm³/mol. The molecule has 1 heterocycles. The molecule has 0 aromatic heterocycles. The van der Waals surface area contributed by atoms with Gasteiger partial charge in [0.15, 0.2) is 0 Å². The maximum Gasteiger partial charge on any atom is 0.129 e. The molecule has 2 aromatic rings. The monoisotopic (exact) mass is 317 g/mol. The summed E-state index contributed by atoms with van der Waals surface area (Å²) in [6.07, 6.45) is 0.868. The van der Waals surface area contributed by atoms with Gasteiger partial charge in [0.1, 0.15) is 5.84 Å². The van der Waals surface area contributed by atoms with Gasteiger partial charge in [0.2, 0.25) is 0 Å².